The molecule has 2 aromatic heterocycles. The van der Waals surface area contributed by atoms with E-state index in [1.165, 1.54) is 0 Å². The molecule has 1 aliphatic rings. The van der Waals surface area contributed by atoms with Gasteiger partial charge in [-0.05, 0) is 26.2 Å². The van der Waals surface area contributed by atoms with Crippen molar-refractivity contribution in [3.8, 4) is 0 Å². The Morgan fingerprint density at radius 2 is 1.95 bits per heavy atom. The fraction of sp³-hybridized carbons (Fsp3) is 0.643. The van der Waals surface area contributed by atoms with Crippen LogP contribution >= 0.6 is 0 Å². The van der Waals surface area contributed by atoms with E-state index in [4.69, 9.17) is 4.52 Å². The zero-order chi connectivity index (χ0) is 14.8. The summed E-state index contributed by atoms with van der Waals surface area (Å²) < 4.78 is 5.27. The van der Waals surface area contributed by atoms with Crippen LogP contribution in [0.2, 0.25) is 0 Å². The van der Waals surface area contributed by atoms with Crippen molar-refractivity contribution in [2.75, 3.05) is 18.0 Å². The molecule has 0 radical (unpaired) electrons. The summed E-state index contributed by atoms with van der Waals surface area (Å²) in [5.41, 5.74) is 2.03. The summed E-state index contributed by atoms with van der Waals surface area (Å²) in [6, 6.07) is 0. The van der Waals surface area contributed by atoms with E-state index in [9.17, 15) is 0 Å². The van der Waals surface area contributed by atoms with E-state index in [1.54, 1.807) is 0 Å². The van der Waals surface area contributed by atoms with Crippen LogP contribution in [0.15, 0.2) is 4.52 Å². The molecule has 7 nitrogen and oxygen atoms in total. The third-order valence-electron chi connectivity index (χ3n) is 3.86. The predicted molar refractivity (Wildman–Crippen MR) is 77.2 cm³/mol. The van der Waals surface area contributed by atoms with E-state index in [0.29, 0.717) is 17.7 Å². The summed E-state index contributed by atoms with van der Waals surface area (Å²) in [5, 5.41) is 12.4. The number of aromatic nitrogens is 5. The molecular weight excluding hydrogens is 268 g/mol. The molecule has 0 amide bonds. The van der Waals surface area contributed by atoms with Gasteiger partial charge in [-0.15, -0.1) is 5.10 Å². The van der Waals surface area contributed by atoms with E-state index in [1.807, 2.05) is 6.92 Å². The third kappa shape index (κ3) is 2.72. The Labute approximate surface area is 123 Å². The number of rotatable bonds is 4. The third-order valence-corrected chi connectivity index (χ3v) is 3.86. The van der Waals surface area contributed by atoms with Crippen LogP contribution in [0.3, 0.4) is 0 Å². The molecule has 0 spiro atoms. The first-order valence-electron chi connectivity index (χ1n) is 7.48. The average Bonchev–Trinajstić information content (AvgIpc) is 3.15. The van der Waals surface area contributed by atoms with Gasteiger partial charge in [-0.3, -0.25) is 0 Å². The summed E-state index contributed by atoms with van der Waals surface area (Å²) in [5.74, 6) is 2.36. The maximum absolute atomic E-state index is 5.27. The van der Waals surface area contributed by atoms with Crippen LogP contribution in [-0.4, -0.2) is 38.4 Å². The first-order chi connectivity index (χ1) is 10.2. The van der Waals surface area contributed by atoms with Gasteiger partial charge in [0, 0.05) is 13.1 Å². The molecule has 0 aliphatic carbocycles. The Balaban J connectivity index is 1.77. The van der Waals surface area contributed by atoms with Crippen LogP contribution < -0.4 is 4.90 Å². The highest BCUT2D eigenvalue weighted by molar-refractivity contribution is 5.33. The maximum Gasteiger partial charge on any atom is 0.245 e. The molecule has 0 saturated carbocycles. The van der Waals surface area contributed by atoms with Gasteiger partial charge in [0.25, 0.3) is 0 Å². The van der Waals surface area contributed by atoms with Crippen molar-refractivity contribution in [1.29, 1.82) is 0 Å². The van der Waals surface area contributed by atoms with Gasteiger partial charge < -0.3 is 9.42 Å². The second-order valence-corrected chi connectivity index (χ2v) is 5.32. The highest BCUT2D eigenvalue weighted by Gasteiger charge is 2.30. The molecule has 3 heterocycles. The van der Waals surface area contributed by atoms with Crippen molar-refractivity contribution >= 4 is 5.95 Å². The molecule has 1 atom stereocenters. The molecular formula is C14H20N6O. The van der Waals surface area contributed by atoms with Crippen LogP contribution in [0.5, 0.6) is 0 Å². The topological polar surface area (TPSA) is 80.8 Å². The number of hydrogen-bond acceptors (Lipinski definition) is 7. The van der Waals surface area contributed by atoms with E-state index < -0.39 is 0 Å². The second kappa shape index (κ2) is 5.75. The van der Waals surface area contributed by atoms with Gasteiger partial charge in [0.15, 0.2) is 5.82 Å². The Bertz CT molecular complexity index is 626. The van der Waals surface area contributed by atoms with Crippen molar-refractivity contribution in [3.05, 3.63) is 23.1 Å². The molecule has 1 aliphatic heterocycles. The standard InChI is InChI=1S/C14H20N6O/c1-4-11-12(5-2)17-18-14(16-11)20-7-6-10(8-20)13-15-9(3)19-21-13/h10H,4-8H2,1-3H3/t10-/m0/s1. The van der Waals surface area contributed by atoms with Gasteiger partial charge in [0.1, 0.15) is 0 Å². The first-order valence-corrected chi connectivity index (χ1v) is 7.48. The van der Waals surface area contributed by atoms with Gasteiger partial charge in [-0.25, -0.2) is 4.98 Å². The summed E-state index contributed by atoms with van der Waals surface area (Å²) in [7, 11) is 0. The van der Waals surface area contributed by atoms with Crippen molar-refractivity contribution in [1.82, 2.24) is 25.3 Å². The first kappa shape index (κ1) is 13.9. The molecule has 21 heavy (non-hydrogen) atoms. The summed E-state index contributed by atoms with van der Waals surface area (Å²) >= 11 is 0. The number of anilines is 1. The molecule has 0 N–H and O–H groups in total. The quantitative estimate of drug-likeness (QED) is 0.846. The second-order valence-electron chi connectivity index (χ2n) is 5.32. The van der Waals surface area contributed by atoms with E-state index in [2.05, 4.69) is 44.1 Å². The highest BCUT2D eigenvalue weighted by atomic mass is 16.5. The minimum Gasteiger partial charge on any atom is -0.339 e. The molecule has 2 aromatic rings. The van der Waals surface area contributed by atoms with Crippen LogP contribution in [0.25, 0.3) is 0 Å². The van der Waals surface area contributed by atoms with Crippen LogP contribution in [0.4, 0.5) is 5.95 Å². The fourth-order valence-electron chi connectivity index (χ4n) is 2.68. The summed E-state index contributed by atoms with van der Waals surface area (Å²) in [6.45, 7) is 7.71. The Kier molecular flexibility index (Phi) is 3.81. The molecule has 1 saturated heterocycles. The molecule has 7 heteroatoms. The summed E-state index contributed by atoms with van der Waals surface area (Å²) in [4.78, 5) is 11.1. The van der Waals surface area contributed by atoms with Crippen molar-refractivity contribution in [2.45, 2.75) is 46.0 Å². The lowest BCUT2D eigenvalue weighted by Crippen LogP contribution is -2.23. The Morgan fingerprint density at radius 3 is 2.62 bits per heavy atom. The molecule has 0 aromatic carbocycles. The zero-order valence-corrected chi connectivity index (χ0v) is 12.7. The molecule has 1 fully saturated rings. The number of aryl methyl sites for hydroxylation is 3. The van der Waals surface area contributed by atoms with Gasteiger partial charge >= 0.3 is 0 Å². The lowest BCUT2D eigenvalue weighted by atomic mass is 10.1. The smallest absolute Gasteiger partial charge is 0.245 e. The summed E-state index contributed by atoms with van der Waals surface area (Å²) in [6.07, 6.45) is 2.72. The van der Waals surface area contributed by atoms with Gasteiger partial charge in [0.05, 0.1) is 17.3 Å². The van der Waals surface area contributed by atoms with E-state index in [0.717, 1.165) is 43.7 Å². The SMILES string of the molecule is CCc1nnc(N2CC[C@H](c3nc(C)no3)C2)nc1CC. The van der Waals surface area contributed by atoms with Crippen LogP contribution in [0, 0.1) is 6.92 Å². The lowest BCUT2D eigenvalue weighted by Gasteiger charge is -2.16. The molecule has 3 rings (SSSR count). The Hall–Kier alpha value is -2.05. The van der Waals surface area contributed by atoms with E-state index in [-0.39, 0.29) is 5.92 Å². The van der Waals surface area contributed by atoms with E-state index >= 15 is 0 Å². The minimum atomic E-state index is 0.255. The Morgan fingerprint density at radius 1 is 1.14 bits per heavy atom. The van der Waals surface area contributed by atoms with Gasteiger partial charge in [-0.1, -0.05) is 19.0 Å². The van der Waals surface area contributed by atoms with Crippen LogP contribution in [-0.2, 0) is 12.8 Å². The number of hydrogen-bond donors (Lipinski definition) is 0. The normalized spacial score (nSPS) is 18.4. The molecule has 0 unspecified atom stereocenters. The average molecular weight is 288 g/mol. The zero-order valence-electron chi connectivity index (χ0n) is 12.7. The number of nitrogens with zero attached hydrogens (tertiary/aromatic N) is 6. The maximum atomic E-state index is 5.27. The monoisotopic (exact) mass is 288 g/mol. The van der Waals surface area contributed by atoms with Crippen molar-refractivity contribution in [2.24, 2.45) is 0 Å². The predicted octanol–water partition coefficient (Wildman–Crippen LogP) is 1.68. The van der Waals surface area contributed by atoms with Crippen molar-refractivity contribution in [3.63, 3.8) is 0 Å². The largest absolute Gasteiger partial charge is 0.339 e. The minimum absolute atomic E-state index is 0.255. The molecule has 0 bridgehead atoms. The van der Waals surface area contributed by atoms with Crippen molar-refractivity contribution < 1.29 is 4.52 Å². The molecule has 112 valence electrons. The fourth-order valence-corrected chi connectivity index (χ4v) is 2.68. The van der Waals surface area contributed by atoms with Gasteiger partial charge in [0.2, 0.25) is 11.8 Å². The van der Waals surface area contributed by atoms with Gasteiger partial charge in [-0.2, -0.15) is 10.1 Å². The lowest BCUT2D eigenvalue weighted by molar-refractivity contribution is 0.356. The highest BCUT2D eigenvalue weighted by Crippen LogP contribution is 2.28. The van der Waals surface area contributed by atoms with Crippen LogP contribution in [0.1, 0.15) is 49.3 Å².